The van der Waals surface area contributed by atoms with Crippen LogP contribution in [0.15, 0.2) is 0 Å². The Hall–Kier alpha value is -0.230. The minimum Gasteiger partial charge on any atom is -0.229 e. The van der Waals surface area contributed by atoms with Crippen LogP contribution in [-0.4, -0.2) is 20.1 Å². The molecular weight excluding hydrogens is 212 g/mol. The van der Waals surface area contributed by atoms with Crippen LogP contribution >= 0.6 is 0 Å². The number of halogens is 2. The van der Waals surface area contributed by atoms with Crippen molar-refractivity contribution in [3.05, 3.63) is 0 Å². The summed E-state index contributed by atoms with van der Waals surface area (Å²) < 4.78 is 46.6. The van der Waals surface area contributed by atoms with Crippen molar-refractivity contribution in [1.29, 1.82) is 0 Å². The summed E-state index contributed by atoms with van der Waals surface area (Å²) in [7, 11) is -3.43. The zero-order chi connectivity index (χ0) is 10.6. The van der Waals surface area contributed by atoms with Crippen molar-refractivity contribution in [3.63, 3.8) is 0 Å². The topological polar surface area (TPSA) is 60.2 Å². The van der Waals surface area contributed by atoms with Crippen LogP contribution in [0.2, 0.25) is 0 Å². The third-order valence-electron chi connectivity index (χ3n) is 3.18. The Bertz CT molecular complexity index is 336. The Morgan fingerprint density at radius 3 is 2.14 bits per heavy atom. The first-order valence-electron chi connectivity index (χ1n) is 4.58. The smallest absolute Gasteiger partial charge is 0.229 e. The maximum Gasteiger partial charge on any atom is 0.249 e. The molecule has 1 spiro atoms. The quantitative estimate of drug-likeness (QED) is 0.765. The minimum absolute atomic E-state index is 0.00102. The van der Waals surface area contributed by atoms with E-state index in [-0.39, 0.29) is 29.9 Å². The summed E-state index contributed by atoms with van der Waals surface area (Å²) >= 11 is 0. The second kappa shape index (κ2) is 2.66. The average Bonchev–Trinajstić information content (AvgIpc) is 1.74. The van der Waals surface area contributed by atoms with E-state index in [2.05, 4.69) is 0 Å². The van der Waals surface area contributed by atoms with Gasteiger partial charge in [0.25, 0.3) is 0 Å². The van der Waals surface area contributed by atoms with Gasteiger partial charge in [-0.05, 0) is 24.2 Å². The lowest BCUT2D eigenvalue weighted by atomic mass is 9.51. The fourth-order valence-corrected chi connectivity index (χ4v) is 3.84. The molecule has 0 aromatic heterocycles. The van der Waals surface area contributed by atoms with E-state index in [0.717, 1.165) is 0 Å². The molecule has 2 saturated carbocycles. The predicted molar refractivity (Wildman–Crippen MR) is 47.3 cm³/mol. The van der Waals surface area contributed by atoms with Gasteiger partial charge in [-0.3, -0.25) is 0 Å². The van der Waals surface area contributed by atoms with Crippen LogP contribution in [0.3, 0.4) is 0 Å². The van der Waals surface area contributed by atoms with Gasteiger partial charge in [-0.1, -0.05) is 0 Å². The molecule has 0 unspecified atom stereocenters. The summed E-state index contributed by atoms with van der Waals surface area (Å²) in [5.74, 6) is -2.56. The normalized spacial score (nSPS) is 29.6. The van der Waals surface area contributed by atoms with Gasteiger partial charge in [0.05, 0.1) is 5.75 Å². The Kier molecular flexibility index (Phi) is 1.96. The number of hydrogen-bond donors (Lipinski definition) is 1. The fourth-order valence-electron chi connectivity index (χ4n) is 2.95. The largest absolute Gasteiger partial charge is 0.249 e. The van der Waals surface area contributed by atoms with Crippen molar-refractivity contribution < 1.29 is 17.2 Å². The molecule has 0 aliphatic heterocycles. The molecule has 2 N–H and O–H groups in total. The molecule has 0 saturated heterocycles. The van der Waals surface area contributed by atoms with Crippen molar-refractivity contribution in [1.82, 2.24) is 0 Å². The molecule has 14 heavy (non-hydrogen) atoms. The molecule has 0 amide bonds. The summed E-state index contributed by atoms with van der Waals surface area (Å²) in [5.41, 5.74) is -0.251. The summed E-state index contributed by atoms with van der Waals surface area (Å²) in [6, 6.07) is 0. The van der Waals surface area contributed by atoms with E-state index < -0.39 is 15.9 Å². The van der Waals surface area contributed by atoms with Gasteiger partial charge in [0.2, 0.25) is 15.9 Å². The Morgan fingerprint density at radius 2 is 1.79 bits per heavy atom. The standard InChI is InChI=1S/C8H13F2NO2S/c9-8(10)4-7(5-8)1-6(2-7)3-14(11,12)13/h6H,1-5H2,(H2,11,12,13). The predicted octanol–water partition coefficient (Wildman–Crippen LogP) is 1.10. The molecule has 6 heteroatoms. The monoisotopic (exact) mass is 225 g/mol. The highest BCUT2D eigenvalue weighted by atomic mass is 32.2. The molecule has 0 aromatic rings. The zero-order valence-corrected chi connectivity index (χ0v) is 8.49. The number of primary sulfonamides is 1. The fraction of sp³-hybridized carbons (Fsp3) is 1.00. The van der Waals surface area contributed by atoms with Crippen molar-refractivity contribution in [3.8, 4) is 0 Å². The molecule has 2 aliphatic rings. The lowest BCUT2D eigenvalue weighted by Crippen LogP contribution is -2.54. The lowest BCUT2D eigenvalue weighted by Gasteiger charge is -2.57. The van der Waals surface area contributed by atoms with Crippen molar-refractivity contribution in [2.45, 2.75) is 31.6 Å². The van der Waals surface area contributed by atoms with Gasteiger partial charge in [0.1, 0.15) is 0 Å². The molecular formula is C8H13F2NO2S. The molecule has 2 rings (SSSR count). The van der Waals surface area contributed by atoms with E-state index in [9.17, 15) is 17.2 Å². The first-order chi connectivity index (χ1) is 6.20. The average molecular weight is 225 g/mol. The van der Waals surface area contributed by atoms with E-state index in [0.29, 0.717) is 12.8 Å². The number of hydrogen-bond acceptors (Lipinski definition) is 2. The second-order valence-electron chi connectivity index (χ2n) is 4.81. The Morgan fingerprint density at radius 1 is 1.29 bits per heavy atom. The molecule has 82 valence electrons. The minimum atomic E-state index is -3.43. The van der Waals surface area contributed by atoms with E-state index >= 15 is 0 Å². The highest BCUT2D eigenvalue weighted by Crippen LogP contribution is 2.64. The molecule has 0 bridgehead atoms. The zero-order valence-electron chi connectivity index (χ0n) is 7.67. The molecule has 0 aromatic carbocycles. The first kappa shape index (κ1) is 10.3. The molecule has 0 radical (unpaired) electrons. The van der Waals surface area contributed by atoms with Crippen LogP contribution in [0, 0.1) is 11.3 Å². The molecule has 0 heterocycles. The maximum atomic E-state index is 12.6. The van der Waals surface area contributed by atoms with E-state index in [1.165, 1.54) is 0 Å². The van der Waals surface area contributed by atoms with Crippen LogP contribution in [0.5, 0.6) is 0 Å². The number of nitrogens with two attached hydrogens (primary N) is 1. The van der Waals surface area contributed by atoms with Gasteiger partial charge in [-0.2, -0.15) is 0 Å². The number of rotatable bonds is 2. The molecule has 0 atom stereocenters. The van der Waals surface area contributed by atoms with Crippen LogP contribution in [0.4, 0.5) is 8.78 Å². The lowest BCUT2D eigenvalue weighted by molar-refractivity contribution is -0.203. The van der Waals surface area contributed by atoms with Crippen LogP contribution in [-0.2, 0) is 10.0 Å². The maximum absolute atomic E-state index is 12.6. The van der Waals surface area contributed by atoms with Crippen molar-refractivity contribution in [2.75, 3.05) is 5.75 Å². The van der Waals surface area contributed by atoms with Gasteiger partial charge in [0.15, 0.2) is 0 Å². The summed E-state index contributed by atoms with van der Waals surface area (Å²) in [6.07, 6.45) is 1.06. The molecule has 2 fully saturated rings. The SMILES string of the molecule is NS(=O)(=O)CC1CC2(C1)CC(F)(F)C2. The number of alkyl halides is 2. The number of sulfonamides is 1. The van der Waals surface area contributed by atoms with E-state index in [1.54, 1.807) is 0 Å². The third kappa shape index (κ3) is 1.91. The highest BCUT2D eigenvalue weighted by Gasteiger charge is 2.61. The first-order valence-corrected chi connectivity index (χ1v) is 6.30. The van der Waals surface area contributed by atoms with Gasteiger partial charge in [0, 0.05) is 12.8 Å². The highest BCUT2D eigenvalue weighted by molar-refractivity contribution is 7.89. The van der Waals surface area contributed by atoms with Gasteiger partial charge in [-0.15, -0.1) is 0 Å². The second-order valence-corrected chi connectivity index (χ2v) is 6.47. The third-order valence-corrected chi connectivity index (χ3v) is 4.11. The van der Waals surface area contributed by atoms with Gasteiger partial charge in [-0.25, -0.2) is 22.3 Å². The Labute approximate surface area is 81.7 Å². The van der Waals surface area contributed by atoms with Crippen LogP contribution < -0.4 is 5.14 Å². The van der Waals surface area contributed by atoms with Gasteiger partial charge < -0.3 is 0 Å². The Balaban J connectivity index is 1.82. The van der Waals surface area contributed by atoms with Crippen molar-refractivity contribution in [2.24, 2.45) is 16.5 Å². The van der Waals surface area contributed by atoms with Gasteiger partial charge >= 0.3 is 0 Å². The summed E-state index contributed by atoms with van der Waals surface area (Å²) in [4.78, 5) is 0. The van der Waals surface area contributed by atoms with E-state index in [4.69, 9.17) is 5.14 Å². The molecule has 3 nitrogen and oxygen atoms in total. The summed E-state index contributed by atoms with van der Waals surface area (Å²) in [5, 5.41) is 4.87. The van der Waals surface area contributed by atoms with E-state index in [1.807, 2.05) is 0 Å². The van der Waals surface area contributed by atoms with Crippen LogP contribution in [0.1, 0.15) is 25.7 Å². The molecule has 2 aliphatic carbocycles. The van der Waals surface area contributed by atoms with Crippen LogP contribution in [0.25, 0.3) is 0 Å². The van der Waals surface area contributed by atoms with Crippen molar-refractivity contribution >= 4 is 10.0 Å². The summed E-state index contributed by atoms with van der Waals surface area (Å²) in [6.45, 7) is 0.